The van der Waals surface area contributed by atoms with E-state index in [0.717, 1.165) is 28.1 Å². The van der Waals surface area contributed by atoms with E-state index in [1.165, 1.54) is 5.56 Å². The van der Waals surface area contributed by atoms with Gasteiger partial charge in [0.05, 0.1) is 0 Å². The number of anilines is 2. The van der Waals surface area contributed by atoms with Gasteiger partial charge in [-0.1, -0.05) is 18.2 Å². The van der Waals surface area contributed by atoms with Crippen LogP contribution in [0.2, 0.25) is 0 Å². The molecule has 2 aromatic rings. The Balaban J connectivity index is 1.65. The van der Waals surface area contributed by atoms with Gasteiger partial charge < -0.3 is 15.5 Å². The van der Waals surface area contributed by atoms with Crippen LogP contribution in [0.1, 0.15) is 28.7 Å². The maximum absolute atomic E-state index is 12.7. The number of carbonyl (C=O) groups excluding carboxylic acids is 2. The first kappa shape index (κ1) is 18.0. The van der Waals surface area contributed by atoms with E-state index in [1.807, 2.05) is 64.1 Å². The van der Waals surface area contributed by atoms with Crippen LogP contribution in [-0.4, -0.2) is 24.5 Å². The molecule has 1 atom stereocenters. The number of nitrogens with zero attached hydrogens (tertiary/aromatic N) is 1. The lowest BCUT2D eigenvalue weighted by molar-refractivity contribution is -0.118. The van der Waals surface area contributed by atoms with Gasteiger partial charge in [-0.15, -0.1) is 0 Å². The summed E-state index contributed by atoms with van der Waals surface area (Å²) < 4.78 is 0. The van der Waals surface area contributed by atoms with Crippen molar-refractivity contribution in [1.29, 1.82) is 0 Å². The van der Waals surface area contributed by atoms with Gasteiger partial charge in [0, 0.05) is 17.9 Å². The summed E-state index contributed by atoms with van der Waals surface area (Å²) in [6.07, 6.45) is 0.603. The van der Waals surface area contributed by atoms with E-state index in [4.69, 9.17) is 0 Å². The molecule has 0 spiro atoms. The van der Waals surface area contributed by atoms with Gasteiger partial charge in [-0.3, -0.25) is 4.79 Å². The predicted molar refractivity (Wildman–Crippen MR) is 105 cm³/mol. The predicted octanol–water partition coefficient (Wildman–Crippen LogP) is 3.85. The lowest BCUT2D eigenvalue weighted by Crippen LogP contribution is -2.43. The van der Waals surface area contributed by atoms with Gasteiger partial charge in [-0.25, -0.2) is 4.79 Å². The molecule has 1 heterocycles. The number of hydrogen-bond acceptors (Lipinski definition) is 2. The number of rotatable bonds is 3. The fourth-order valence-electron chi connectivity index (χ4n) is 3.15. The smallest absolute Gasteiger partial charge is 0.319 e. The molecule has 1 aliphatic heterocycles. The zero-order chi connectivity index (χ0) is 18.8. The minimum Gasteiger partial charge on any atom is -0.326 e. The average Bonchev–Trinajstić information content (AvgIpc) is 2.94. The van der Waals surface area contributed by atoms with Crippen molar-refractivity contribution in [2.45, 2.75) is 40.2 Å². The molecule has 136 valence electrons. The third kappa shape index (κ3) is 3.72. The molecule has 2 N–H and O–H groups in total. The SMILES string of the molecule is Cc1ccc(C)c(NC(=O)N[C@H]2CCN(c3ccc(C)c(C)c3)C2=O)c1. The first-order chi connectivity index (χ1) is 12.3. The van der Waals surface area contributed by atoms with Crippen molar-refractivity contribution in [2.75, 3.05) is 16.8 Å². The molecule has 1 saturated heterocycles. The Morgan fingerprint density at radius 1 is 1.00 bits per heavy atom. The summed E-state index contributed by atoms with van der Waals surface area (Å²) in [5.74, 6) is -0.0654. The molecule has 1 fully saturated rings. The van der Waals surface area contributed by atoms with Gasteiger partial charge in [-0.05, 0) is 74.6 Å². The van der Waals surface area contributed by atoms with E-state index >= 15 is 0 Å². The van der Waals surface area contributed by atoms with Gasteiger partial charge in [0.15, 0.2) is 0 Å². The first-order valence-electron chi connectivity index (χ1n) is 8.88. The molecule has 0 saturated carbocycles. The highest BCUT2D eigenvalue weighted by Crippen LogP contribution is 2.24. The zero-order valence-corrected chi connectivity index (χ0v) is 15.7. The molecular formula is C21H25N3O2. The molecule has 5 heteroatoms. The van der Waals surface area contributed by atoms with Crippen LogP contribution in [0.25, 0.3) is 0 Å². The monoisotopic (exact) mass is 351 g/mol. The molecule has 2 aromatic carbocycles. The molecule has 1 aliphatic rings. The maximum Gasteiger partial charge on any atom is 0.319 e. The number of urea groups is 1. The van der Waals surface area contributed by atoms with Crippen LogP contribution in [0, 0.1) is 27.7 Å². The molecular weight excluding hydrogens is 326 g/mol. The molecule has 3 amide bonds. The Bertz CT molecular complexity index is 860. The van der Waals surface area contributed by atoms with E-state index in [2.05, 4.69) is 10.6 Å². The quantitative estimate of drug-likeness (QED) is 0.882. The molecule has 0 aliphatic carbocycles. The van der Waals surface area contributed by atoms with Gasteiger partial charge in [0.25, 0.3) is 0 Å². The van der Waals surface area contributed by atoms with E-state index in [9.17, 15) is 9.59 Å². The van der Waals surface area contributed by atoms with E-state index in [1.54, 1.807) is 4.90 Å². The maximum atomic E-state index is 12.7. The summed E-state index contributed by atoms with van der Waals surface area (Å²) in [4.78, 5) is 26.8. The molecule has 0 aromatic heterocycles. The second-order valence-corrected chi connectivity index (χ2v) is 7.02. The first-order valence-corrected chi connectivity index (χ1v) is 8.88. The van der Waals surface area contributed by atoms with Gasteiger partial charge in [-0.2, -0.15) is 0 Å². The normalized spacial score (nSPS) is 16.7. The summed E-state index contributed by atoms with van der Waals surface area (Å²) in [5.41, 5.74) is 6.06. The Hall–Kier alpha value is -2.82. The van der Waals surface area contributed by atoms with Crippen LogP contribution in [-0.2, 0) is 4.79 Å². The van der Waals surface area contributed by atoms with Crippen molar-refractivity contribution in [3.05, 3.63) is 58.7 Å². The topological polar surface area (TPSA) is 61.4 Å². The molecule has 26 heavy (non-hydrogen) atoms. The Kier molecular flexibility index (Phi) is 4.98. The van der Waals surface area contributed by atoms with E-state index < -0.39 is 6.04 Å². The lowest BCUT2D eigenvalue weighted by atomic mass is 10.1. The number of nitrogens with one attached hydrogen (secondary N) is 2. The van der Waals surface area contributed by atoms with Crippen LogP contribution < -0.4 is 15.5 Å². The number of hydrogen-bond donors (Lipinski definition) is 2. The van der Waals surface area contributed by atoms with Crippen LogP contribution >= 0.6 is 0 Å². The van der Waals surface area contributed by atoms with Crippen molar-refractivity contribution < 1.29 is 9.59 Å². The highest BCUT2D eigenvalue weighted by atomic mass is 16.2. The molecule has 0 radical (unpaired) electrons. The third-order valence-electron chi connectivity index (χ3n) is 4.95. The Labute approximate surface area is 154 Å². The molecule has 5 nitrogen and oxygen atoms in total. The Morgan fingerprint density at radius 3 is 2.46 bits per heavy atom. The van der Waals surface area contributed by atoms with Crippen molar-refractivity contribution in [2.24, 2.45) is 0 Å². The van der Waals surface area contributed by atoms with Crippen LogP contribution in [0.3, 0.4) is 0 Å². The van der Waals surface area contributed by atoms with Crippen molar-refractivity contribution >= 4 is 23.3 Å². The minimum atomic E-state index is -0.498. The third-order valence-corrected chi connectivity index (χ3v) is 4.95. The summed E-state index contributed by atoms with van der Waals surface area (Å²) >= 11 is 0. The van der Waals surface area contributed by atoms with Crippen LogP contribution in [0.4, 0.5) is 16.2 Å². The number of carbonyl (C=O) groups is 2. The van der Waals surface area contributed by atoms with Crippen LogP contribution in [0.15, 0.2) is 36.4 Å². The second-order valence-electron chi connectivity index (χ2n) is 7.02. The van der Waals surface area contributed by atoms with Crippen molar-refractivity contribution in [3.63, 3.8) is 0 Å². The molecule has 0 bridgehead atoms. The fourth-order valence-corrected chi connectivity index (χ4v) is 3.15. The average molecular weight is 351 g/mol. The largest absolute Gasteiger partial charge is 0.326 e. The Morgan fingerprint density at radius 2 is 1.73 bits per heavy atom. The van der Waals surface area contributed by atoms with E-state index in [0.29, 0.717) is 13.0 Å². The van der Waals surface area contributed by atoms with Gasteiger partial charge >= 0.3 is 6.03 Å². The number of benzene rings is 2. The summed E-state index contributed by atoms with van der Waals surface area (Å²) in [6, 6.07) is 11.0. The highest BCUT2D eigenvalue weighted by molar-refractivity contribution is 6.02. The number of amides is 3. The number of aryl methyl sites for hydroxylation is 4. The fraction of sp³-hybridized carbons (Fsp3) is 0.333. The van der Waals surface area contributed by atoms with Gasteiger partial charge in [0.1, 0.15) is 6.04 Å². The van der Waals surface area contributed by atoms with Crippen molar-refractivity contribution in [1.82, 2.24) is 5.32 Å². The van der Waals surface area contributed by atoms with Gasteiger partial charge in [0.2, 0.25) is 5.91 Å². The van der Waals surface area contributed by atoms with E-state index in [-0.39, 0.29) is 11.9 Å². The summed E-state index contributed by atoms with van der Waals surface area (Å²) in [5, 5.41) is 5.66. The van der Waals surface area contributed by atoms with Crippen molar-refractivity contribution in [3.8, 4) is 0 Å². The van der Waals surface area contributed by atoms with Crippen LogP contribution in [0.5, 0.6) is 0 Å². The molecule has 0 unspecified atom stereocenters. The lowest BCUT2D eigenvalue weighted by Gasteiger charge is -2.19. The summed E-state index contributed by atoms with van der Waals surface area (Å²) in [7, 11) is 0. The summed E-state index contributed by atoms with van der Waals surface area (Å²) in [6.45, 7) is 8.61. The zero-order valence-electron chi connectivity index (χ0n) is 15.7. The highest BCUT2D eigenvalue weighted by Gasteiger charge is 2.33. The standard InChI is InChI=1S/C21H25N3O2/c1-13-5-6-15(3)19(11-13)23-21(26)22-18-9-10-24(20(18)25)17-8-7-14(2)16(4)12-17/h5-8,11-12,18H,9-10H2,1-4H3,(H2,22,23,26)/t18-/m0/s1. The second kappa shape index (κ2) is 7.20. The molecule has 3 rings (SSSR count). The minimum absolute atomic E-state index is 0.0654.